The van der Waals surface area contributed by atoms with Crippen molar-refractivity contribution in [2.24, 2.45) is 0 Å². The van der Waals surface area contributed by atoms with E-state index in [2.05, 4.69) is 5.32 Å². The molecule has 1 N–H and O–H groups in total. The molecule has 2 heterocycles. The van der Waals surface area contributed by atoms with Crippen molar-refractivity contribution in [2.45, 2.75) is 6.92 Å². The van der Waals surface area contributed by atoms with Crippen LogP contribution in [0.1, 0.15) is 11.5 Å². The van der Waals surface area contributed by atoms with Crippen LogP contribution in [0.3, 0.4) is 0 Å². The summed E-state index contributed by atoms with van der Waals surface area (Å²) in [6, 6.07) is 6.90. The first-order chi connectivity index (χ1) is 10.6. The Morgan fingerprint density at radius 2 is 1.95 bits per heavy atom. The number of rotatable bonds is 3. The number of amides is 1. The van der Waals surface area contributed by atoms with Gasteiger partial charge in [-0.2, -0.15) is 0 Å². The number of halogens is 1. The molecule has 0 fully saturated rings. The van der Waals surface area contributed by atoms with Crippen LogP contribution in [0.15, 0.2) is 34.8 Å². The zero-order valence-electron chi connectivity index (χ0n) is 11.9. The Balaban J connectivity index is 1.72. The second-order valence-electron chi connectivity index (χ2n) is 4.75. The van der Waals surface area contributed by atoms with Crippen molar-refractivity contribution in [3.63, 3.8) is 0 Å². The zero-order valence-corrected chi connectivity index (χ0v) is 12.6. The van der Waals surface area contributed by atoms with Crippen LogP contribution in [0.2, 0.25) is 5.02 Å². The average Bonchev–Trinajstić information content (AvgIpc) is 2.91. The third kappa shape index (κ3) is 3.26. The molecule has 0 saturated heterocycles. The van der Waals surface area contributed by atoms with E-state index in [0.29, 0.717) is 41.2 Å². The highest BCUT2D eigenvalue weighted by Crippen LogP contribution is 2.37. The molecule has 0 aliphatic carbocycles. The Kier molecular flexibility index (Phi) is 4.06. The summed E-state index contributed by atoms with van der Waals surface area (Å²) in [5, 5.41) is 3.09. The SMILES string of the molecule is Cc1ccc(/C=C/C(=O)Nc2cc3c(cc2Cl)OCCO3)o1. The van der Waals surface area contributed by atoms with Gasteiger partial charge in [-0.3, -0.25) is 4.79 Å². The number of hydrogen-bond acceptors (Lipinski definition) is 4. The molecule has 1 aliphatic rings. The van der Waals surface area contributed by atoms with Crippen molar-refractivity contribution in [3.05, 3.63) is 46.9 Å². The lowest BCUT2D eigenvalue weighted by Crippen LogP contribution is -2.16. The lowest BCUT2D eigenvalue weighted by molar-refractivity contribution is -0.111. The van der Waals surface area contributed by atoms with Crippen molar-refractivity contribution >= 4 is 29.3 Å². The molecule has 1 aliphatic heterocycles. The lowest BCUT2D eigenvalue weighted by atomic mass is 10.2. The van der Waals surface area contributed by atoms with Crippen LogP contribution < -0.4 is 14.8 Å². The van der Waals surface area contributed by atoms with E-state index in [4.69, 9.17) is 25.5 Å². The number of aryl methyl sites for hydroxylation is 1. The number of fused-ring (bicyclic) bond motifs is 1. The number of anilines is 1. The fourth-order valence-electron chi connectivity index (χ4n) is 2.03. The lowest BCUT2D eigenvalue weighted by Gasteiger charge is -2.19. The molecule has 0 radical (unpaired) electrons. The maximum absolute atomic E-state index is 11.9. The highest BCUT2D eigenvalue weighted by Gasteiger charge is 2.15. The van der Waals surface area contributed by atoms with E-state index in [1.165, 1.54) is 6.08 Å². The minimum atomic E-state index is -0.312. The van der Waals surface area contributed by atoms with Crippen LogP contribution in [-0.4, -0.2) is 19.1 Å². The van der Waals surface area contributed by atoms with Gasteiger partial charge in [0.15, 0.2) is 11.5 Å². The van der Waals surface area contributed by atoms with Gasteiger partial charge >= 0.3 is 0 Å². The summed E-state index contributed by atoms with van der Waals surface area (Å²) >= 11 is 6.13. The fourth-order valence-corrected chi connectivity index (χ4v) is 2.24. The predicted octanol–water partition coefficient (Wildman–Crippen LogP) is 3.66. The van der Waals surface area contributed by atoms with Crippen LogP contribution in [-0.2, 0) is 4.79 Å². The zero-order chi connectivity index (χ0) is 15.5. The minimum absolute atomic E-state index is 0.312. The van der Waals surface area contributed by atoms with E-state index >= 15 is 0 Å². The molecule has 0 unspecified atom stereocenters. The van der Waals surface area contributed by atoms with Crippen LogP contribution in [0.4, 0.5) is 5.69 Å². The molecule has 3 rings (SSSR count). The van der Waals surface area contributed by atoms with E-state index in [0.717, 1.165) is 5.76 Å². The van der Waals surface area contributed by atoms with Gasteiger partial charge in [0, 0.05) is 18.2 Å². The quantitative estimate of drug-likeness (QED) is 0.877. The van der Waals surface area contributed by atoms with Crippen molar-refractivity contribution < 1.29 is 18.7 Å². The van der Waals surface area contributed by atoms with Gasteiger partial charge in [-0.15, -0.1) is 0 Å². The molecular formula is C16H14ClNO4. The van der Waals surface area contributed by atoms with E-state index in [1.54, 1.807) is 24.3 Å². The summed E-state index contributed by atoms with van der Waals surface area (Å²) in [4.78, 5) is 11.9. The molecule has 0 bridgehead atoms. The van der Waals surface area contributed by atoms with Crippen molar-refractivity contribution in [1.29, 1.82) is 0 Å². The summed E-state index contributed by atoms with van der Waals surface area (Å²) in [5.41, 5.74) is 0.469. The molecule has 0 spiro atoms. The highest BCUT2D eigenvalue weighted by atomic mass is 35.5. The van der Waals surface area contributed by atoms with Gasteiger partial charge in [0.1, 0.15) is 24.7 Å². The Labute approximate surface area is 132 Å². The van der Waals surface area contributed by atoms with Crippen molar-refractivity contribution in [1.82, 2.24) is 0 Å². The van der Waals surface area contributed by atoms with Gasteiger partial charge in [-0.05, 0) is 25.1 Å². The van der Waals surface area contributed by atoms with E-state index in [1.807, 2.05) is 13.0 Å². The first-order valence-corrected chi connectivity index (χ1v) is 7.14. The number of furan rings is 1. The monoisotopic (exact) mass is 319 g/mol. The summed E-state index contributed by atoms with van der Waals surface area (Å²) in [5.74, 6) is 2.23. The molecule has 22 heavy (non-hydrogen) atoms. The van der Waals surface area contributed by atoms with Gasteiger partial charge in [-0.1, -0.05) is 11.6 Å². The third-order valence-electron chi connectivity index (χ3n) is 3.05. The van der Waals surface area contributed by atoms with Crippen molar-refractivity contribution in [2.75, 3.05) is 18.5 Å². The first-order valence-electron chi connectivity index (χ1n) is 6.76. The summed E-state index contributed by atoms with van der Waals surface area (Å²) in [7, 11) is 0. The molecule has 0 saturated carbocycles. The normalized spacial score (nSPS) is 13.4. The summed E-state index contributed by atoms with van der Waals surface area (Å²) < 4.78 is 16.2. The van der Waals surface area contributed by atoms with Crippen LogP contribution >= 0.6 is 11.6 Å². The molecule has 2 aromatic rings. The Morgan fingerprint density at radius 3 is 2.64 bits per heavy atom. The topological polar surface area (TPSA) is 60.7 Å². The summed E-state index contributed by atoms with van der Waals surface area (Å²) in [6.07, 6.45) is 2.97. The Morgan fingerprint density at radius 1 is 1.23 bits per heavy atom. The van der Waals surface area contributed by atoms with Gasteiger partial charge in [0.25, 0.3) is 0 Å². The maximum atomic E-state index is 11.9. The fraction of sp³-hybridized carbons (Fsp3) is 0.188. The first kappa shape index (κ1) is 14.5. The number of carbonyl (C=O) groups excluding carboxylic acids is 1. The van der Waals surface area contributed by atoms with Gasteiger partial charge in [0.05, 0.1) is 10.7 Å². The molecule has 1 aromatic carbocycles. The van der Waals surface area contributed by atoms with Gasteiger partial charge in [-0.25, -0.2) is 0 Å². The van der Waals surface area contributed by atoms with Crippen LogP contribution in [0.5, 0.6) is 11.5 Å². The molecule has 6 heteroatoms. The van der Waals surface area contributed by atoms with Crippen LogP contribution in [0, 0.1) is 6.92 Å². The summed E-state index contributed by atoms with van der Waals surface area (Å²) in [6.45, 7) is 2.80. The number of hydrogen-bond donors (Lipinski definition) is 1. The molecule has 5 nitrogen and oxygen atoms in total. The minimum Gasteiger partial charge on any atom is -0.486 e. The van der Waals surface area contributed by atoms with E-state index in [9.17, 15) is 4.79 Å². The van der Waals surface area contributed by atoms with Gasteiger partial charge in [0.2, 0.25) is 5.91 Å². The maximum Gasteiger partial charge on any atom is 0.248 e. The molecule has 1 amide bonds. The number of carbonyl (C=O) groups is 1. The second kappa shape index (κ2) is 6.15. The average molecular weight is 320 g/mol. The number of ether oxygens (including phenoxy) is 2. The third-order valence-corrected chi connectivity index (χ3v) is 3.36. The van der Waals surface area contributed by atoms with E-state index < -0.39 is 0 Å². The Bertz CT molecular complexity index is 736. The number of benzene rings is 1. The molecule has 1 aromatic heterocycles. The number of nitrogens with one attached hydrogen (secondary N) is 1. The predicted molar refractivity (Wildman–Crippen MR) is 83.6 cm³/mol. The highest BCUT2D eigenvalue weighted by molar-refractivity contribution is 6.34. The molecule has 0 atom stereocenters. The smallest absolute Gasteiger partial charge is 0.248 e. The van der Waals surface area contributed by atoms with E-state index in [-0.39, 0.29) is 5.91 Å². The van der Waals surface area contributed by atoms with Crippen LogP contribution in [0.25, 0.3) is 6.08 Å². The molecular weight excluding hydrogens is 306 g/mol. The van der Waals surface area contributed by atoms with Crippen molar-refractivity contribution in [3.8, 4) is 11.5 Å². The second-order valence-corrected chi connectivity index (χ2v) is 5.15. The van der Waals surface area contributed by atoms with Gasteiger partial charge < -0.3 is 19.2 Å². The Hall–Kier alpha value is -2.40. The standard InChI is InChI=1S/C16H14ClNO4/c1-10-2-3-11(22-10)4-5-16(19)18-13-9-15-14(8-12(13)17)20-6-7-21-15/h2-5,8-9H,6-7H2,1H3,(H,18,19)/b5-4+. The molecule has 114 valence electrons. The largest absolute Gasteiger partial charge is 0.486 e.